The van der Waals surface area contributed by atoms with E-state index >= 15 is 0 Å². The van der Waals surface area contributed by atoms with Gasteiger partial charge in [0.1, 0.15) is 6.10 Å². The molecule has 34 heavy (non-hydrogen) atoms. The van der Waals surface area contributed by atoms with E-state index in [-0.39, 0.29) is 11.5 Å². The van der Waals surface area contributed by atoms with Crippen molar-refractivity contribution in [2.45, 2.75) is 32.2 Å². The van der Waals surface area contributed by atoms with Crippen LogP contribution in [0.15, 0.2) is 64.4 Å². The Hall–Kier alpha value is -4.18. The second-order valence-corrected chi connectivity index (χ2v) is 7.56. The van der Waals surface area contributed by atoms with E-state index in [9.17, 15) is 14.7 Å². The molecule has 10 nitrogen and oxygen atoms in total. The molecule has 2 atom stereocenters. The molecule has 2 aromatic carbocycles. The molecular weight excluding hydrogens is 440 g/mol. The summed E-state index contributed by atoms with van der Waals surface area (Å²) in [5, 5.41) is 22.7. The number of hydrogen-bond acceptors (Lipinski definition) is 9. The van der Waals surface area contributed by atoms with Crippen molar-refractivity contribution in [2.75, 3.05) is 12.4 Å². The number of anilines is 1. The molecule has 10 heteroatoms. The molecule has 0 aliphatic carbocycles. The number of carbonyl (C=O) groups excluding carboxylic acids is 2. The summed E-state index contributed by atoms with van der Waals surface area (Å²) in [6, 6.07) is 13.6. The zero-order chi connectivity index (χ0) is 24.1. The average molecular weight is 464 g/mol. The highest BCUT2D eigenvalue weighted by molar-refractivity contribution is 6.04. The summed E-state index contributed by atoms with van der Waals surface area (Å²) in [6.07, 6.45) is 1.44. The smallest absolute Gasteiger partial charge is 0.294 e. The molecule has 0 spiro atoms. The minimum atomic E-state index is -0.855. The molecule has 1 aromatic heterocycles. The number of aldehydes is 1. The molecule has 176 valence electrons. The van der Waals surface area contributed by atoms with Crippen LogP contribution < -0.4 is 10.1 Å². The molecule has 1 amide bonds. The van der Waals surface area contributed by atoms with Gasteiger partial charge in [0.15, 0.2) is 17.8 Å². The van der Waals surface area contributed by atoms with Crippen molar-refractivity contribution < 1.29 is 28.7 Å². The van der Waals surface area contributed by atoms with E-state index in [0.717, 1.165) is 5.56 Å². The van der Waals surface area contributed by atoms with Crippen LogP contribution in [0.25, 0.3) is 0 Å². The van der Waals surface area contributed by atoms with E-state index in [0.29, 0.717) is 42.0 Å². The average Bonchev–Trinajstić information content (AvgIpc) is 3.40. The first-order valence-electron chi connectivity index (χ1n) is 10.7. The van der Waals surface area contributed by atoms with E-state index in [2.05, 4.69) is 10.5 Å². The number of hydrogen-bond donors (Lipinski definition) is 2. The molecule has 0 bridgehead atoms. The van der Waals surface area contributed by atoms with Crippen molar-refractivity contribution in [2.24, 2.45) is 5.10 Å². The van der Waals surface area contributed by atoms with Crippen LogP contribution in [0.5, 0.6) is 11.5 Å². The Kier molecular flexibility index (Phi) is 6.88. The van der Waals surface area contributed by atoms with Gasteiger partial charge in [0.05, 0.1) is 25.6 Å². The SMILES string of the molecule is CC[C@H]1OC(C=O)N(Cc2ccc(NC(=O)c3ccno3)cc2)N=C1c1ccc(OC)c(O)c1. The third-order valence-corrected chi connectivity index (χ3v) is 5.32. The minimum absolute atomic E-state index is 0.00965. The van der Waals surface area contributed by atoms with Crippen molar-refractivity contribution >= 4 is 23.6 Å². The van der Waals surface area contributed by atoms with Gasteiger partial charge in [-0.1, -0.05) is 24.2 Å². The maximum atomic E-state index is 12.1. The number of aromatic nitrogens is 1. The van der Waals surface area contributed by atoms with Gasteiger partial charge in [0, 0.05) is 17.3 Å². The highest BCUT2D eigenvalue weighted by atomic mass is 16.5. The van der Waals surface area contributed by atoms with E-state index in [1.807, 2.05) is 19.1 Å². The Morgan fingerprint density at radius 2 is 2.03 bits per heavy atom. The number of amides is 1. The summed E-state index contributed by atoms with van der Waals surface area (Å²) >= 11 is 0. The second kappa shape index (κ2) is 10.2. The zero-order valence-electron chi connectivity index (χ0n) is 18.7. The van der Waals surface area contributed by atoms with E-state index in [1.54, 1.807) is 35.3 Å². The van der Waals surface area contributed by atoms with Crippen molar-refractivity contribution in [3.63, 3.8) is 0 Å². The molecule has 2 heterocycles. The summed E-state index contributed by atoms with van der Waals surface area (Å²) in [5.41, 5.74) is 2.71. The number of nitrogens with zero attached hydrogens (tertiary/aromatic N) is 3. The number of methoxy groups -OCH3 is 1. The topological polar surface area (TPSA) is 126 Å². The standard InChI is InChI=1S/C24H24N4O6/c1-3-19-23(16-6-9-20(32-2)18(30)12-16)27-28(22(14-29)33-19)13-15-4-7-17(8-5-15)26-24(31)21-10-11-25-34-21/h4-12,14,19,22,30H,3,13H2,1-2H3,(H,26,31)/t19-,22?/m1/s1. The molecule has 2 N–H and O–H groups in total. The van der Waals surface area contributed by atoms with Crippen LogP contribution in [-0.2, 0) is 16.1 Å². The van der Waals surface area contributed by atoms with Crippen molar-refractivity contribution in [3.05, 3.63) is 71.6 Å². The Bertz CT molecular complexity index is 1180. The number of phenolic OH excluding ortho intramolecular Hbond substituents is 1. The lowest BCUT2D eigenvalue weighted by Crippen LogP contribution is -2.45. The number of ether oxygens (including phenoxy) is 2. The van der Waals surface area contributed by atoms with Gasteiger partial charge in [0.2, 0.25) is 12.0 Å². The summed E-state index contributed by atoms with van der Waals surface area (Å²) in [5.74, 6) is 0.0513. The Morgan fingerprint density at radius 1 is 1.24 bits per heavy atom. The molecule has 1 aliphatic rings. The lowest BCUT2D eigenvalue weighted by atomic mass is 10.0. The van der Waals surface area contributed by atoms with Gasteiger partial charge in [-0.05, 0) is 42.3 Å². The lowest BCUT2D eigenvalue weighted by molar-refractivity contribution is -0.139. The Labute approximate surface area is 195 Å². The van der Waals surface area contributed by atoms with Crippen LogP contribution in [0, 0.1) is 0 Å². The molecule has 1 aliphatic heterocycles. The van der Waals surface area contributed by atoms with Crippen LogP contribution in [-0.4, -0.2) is 52.6 Å². The number of aromatic hydroxyl groups is 1. The van der Waals surface area contributed by atoms with E-state index < -0.39 is 18.2 Å². The van der Waals surface area contributed by atoms with E-state index in [4.69, 9.17) is 19.1 Å². The van der Waals surface area contributed by atoms with Gasteiger partial charge in [0.25, 0.3) is 5.91 Å². The Morgan fingerprint density at radius 3 is 2.65 bits per heavy atom. The predicted molar refractivity (Wildman–Crippen MR) is 123 cm³/mol. The normalized spacial score (nSPS) is 17.7. The summed E-state index contributed by atoms with van der Waals surface area (Å²) in [7, 11) is 1.48. The lowest BCUT2D eigenvalue weighted by Gasteiger charge is -2.35. The van der Waals surface area contributed by atoms with Gasteiger partial charge >= 0.3 is 0 Å². The fraction of sp³-hybridized carbons (Fsp3) is 0.250. The molecule has 0 fully saturated rings. The summed E-state index contributed by atoms with van der Waals surface area (Å²) in [6.45, 7) is 2.23. The van der Waals surface area contributed by atoms with Crippen LogP contribution in [0.1, 0.15) is 35.0 Å². The number of hydrazone groups is 1. The highest BCUT2D eigenvalue weighted by Gasteiger charge is 2.31. The van der Waals surface area contributed by atoms with Gasteiger partial charge in [-0.25, -0.2) is 0 Å². The van der Waals surface area contributed by atoms with Gasteiger partial charge < -0.3 is 24.4 Å². The first kappa shape index (κ1) is 23.0. The fourth-order valence-corrected chi connectivity index (χ4v) is 3.58. The third kappa shape index (κ3) is 4.91. The molecule has 4 rings (SSSR count). The number of benzene rings is 2. The van der Waals surface area contributed by atoms with Crippen molar-refractivity contribution in [3.8, 4) is 11.5 Å². The van der Waals surface area contributed by atoms with Crippen LogP contribution in [0.2, 0.25) is 0 Å². The first-order chi connectivity index (χ1) is 16.5. The summed E-state index contributed by atoms with van der Waals surface area (Å²) in [4.78, 5) is 23.8. The quantitative estimate of drug-likeness (QED) is 0.487. The van der Waals surface area contributed by atoms with Crippen LogP contribution in [0.3, 0.4) is 0 Å². The van der Waals surface area contributed by atoms with Crippen LogP contribution >= 0.6 is 0 Å². The minimum Gasteiger partial charge on any atom is -0.504 e. The van der Waals surface area contributed by atoms with Crippen molar-refractivity contribution in [1.82, 2.24) is 10.2 Å². The fourth-order valence-electron chi connectivity index (χ4n) is 3.58. The maximum Gasteiger partial charge on any atom is 0.294 e. The third-order valence-electron chi connectivity index (χ3n) is 5.32. The largest absolute Gasteiger partial charge is 0.504 e. The number of rotatable bonds is 8. The molecule has 3 aromatic rings. The molecule has 1 unspecified atom stereocenters. The molecule has 0 saturated carbocycles. The molecule has 0 radical (unpaired) electrons. The monoisotopic (exact) mass is 464 g/mol. The van der Waals surface area contributed by atoms with Crippen LogP contribution in [0.4, 0.5) is 5.69 Å². The maximum absolute atomic E-state index is 12.1. The second-order valence-electron chi connectivity index (χ2n) is 7.56. The van der Waals surface area contributed by atoms with Gasteiger partial charge in [-0.15, -0.1) is 0 Å². The highest BCUT2D eigenvalue weighted by Crippen LogP contribution is 2.29. The summed E-state index contributed by atoms with van der Waals surface area (Å²) < 4.78 is 16.0. The first-order valence-corrected chi connectivity index (χ1v) is 10.7. The number of carbonyl (C=O) groups is 2. The number of nitrogens with one attached hydrogen (secondary N) is 1. The zero-order valence-corrected chi connectivity index (χ0v) is 18.7. The molecule has 0 saturated heterocycles. The van der Waals surface area contributed by atoms with Gasteiger partial charge in [-0.3, -0.25) is 14.6 Å². The Balaban J connectivity index is 1.54. The molecular formula is C24H24N4O6. The number of phenols is 1. The predicted octanol–water partition coefficient (Wildman–Crippen LogP) is 3.18. The van der Waals surface area contributed by atoms with Crippen molar-refractivity contribution in [1.29, 1.82) is 0 Å². The van der Waals surface area contributed by atoms with Gasteiger partial charge in [-0.2, -0.15) is 5.10 Å². The van der Waals surface area contributed by atoms with E-state index in [1.165, 1.54) is 19.4 Å².